The number of carboxylic acids is 1. The maximum atomic E-state index is 10.9. The monoisotopic (exact) mass is 260 g/mol. The molecule has 18 heavy (non-hydrogen) atoms. The van der Waals surface area contributed by atoms with Crippen LogP contribution >= 0.6 is 11.6 Å². The summed E-state index contributed by atoms with van der Waals surface area (Å²) in [4.78, 5) is 10.9. The molecule has 3 heteroatoms. The van der Waals surface area contributed by atoms with Crippen molar-refractivity contribution in [3.05, 3.63) is 58.6 Å². The number of carboxylic acid groups (broad SMARTS) is 1. The quantitative estimate of drug-likeness (QED) is 0.908. The molecular formula is C15H13ClO2. The van der Waals surface area contributed by atoms with Crippen molar-refractivity contribution in [3.63, 3.8) is 0 Å². The van der Waals surface area contributed by atoms with Crippen LogP contribution < -0.4 is 0 Å². The molecule has 0 aromatic heterocycles. The first kappa shape index (κ1) is 12.7. The van der Waals surface area contributed by atoms with Gasteiger partial charge in [0.1, 0.15) is 0 Å². The van der Waals surface area contributed by atoms with E-state index in [-0.39, 0.29) is 6.42 Å². The van der Waals surface area contributed by atoms with Gasteiger partial charge in [0.05, 0.1) is 6.42 Å². The molecule has 0 fully saturated rings. The smallest absolute Gasteiger partial charge is 0.307 e. The first-order chi connectivity index (χ1) is 8.56. The highest BCUT2D eigenvalue weighted by atomic mass is 35.5. The number of hydrogen-bond acceptors (Lipinski definition) is 1. The Bertz CT molecular complexity index is 574. The molecule has 0 bridgehead atoms. The molecule has 0 saturated carbocycles. The van der Waals surface area contributed by atoms with Gasteiger partial charge in [0.25, 0.3) is 0 Å². The third kappa shape index (κ3) is 2.90. The fraction of sp³-hybridized carbons (Fsp3) is 0.133. The van der Waals surface area contributed by atoms with Gasteiger partial charge in [0.2, 0.25) is 0 Å². The first-order valence-electron chi connectivity index (χ1n) is 5.63. The molecule has 0 spiro atoms. The molecule has 2 aromatic carbocycles. The predicted octanol–water partition coefficient (Wildman–Crippen LogP) is 3.94. The van der Waals surface area contributed by atoms with Crippen molar-refractivity contribution >= 4 is 17.6 Å². The zero-order valence-corrected chi connectivity index (χ0v) is 10.7. The average Bonchev–Trinajstić information content (AvgIpc) is 2.30. The van der Waals surface area contributed by atoms with Gasteiger partial charge in [-0.1, -0.05) is 47.5 Å². The summed E-state index contributed by atoms with van der Waals surface area (Å²) in [6, 6.07) is 13.3. The fourth-order valence-electron chi connectivity index (χ4n) is 1.94. The van der Waals surface area contributed by atoms with Crippen LogP contribution in [0.4, 0.5) is 0 Å². The molecule has 0 atom stereocenters. The summed E-state index contributed by atoms with van der Waals surface area (Å²) in [5, 5.41) is 9.62. The molecular weight excluding hydrogens is 248 g/mol. The molecule has 0 saturated heterocycles. The van der Waals surface area contributed by atoms with E-state index in [1.807, 2.05) is 37.3 Å². The summed E-state index contributed by atoms with van der Waals surface area (Å²) >= 11 is 5.85. The molecule has 0 radical (unpaired) electrons. The van der Waals surface area contributed by atoms with Gasteiger partial charge < -0.3 is 5.11 Å². The molecule has 0 amide bonds. The number of hydrogen-bond donors (Lipinski definition) is 1. The van der Waals surface area contributed by atoms with E-state index in [0.717, 1.165) is 22.3 Å². The third-order valence-electron chi connectivity index (χ3n) is 2.76. The number of benzene rings is 2. The second kappa shape index (κ2) is 5.23. The maximum absolute atomic E-state index is 10.9. The lowest BCUT2D eigenvalue weighted by Crippen LogP contribution is -2.02. The standard InChI is InChI=1S/C15H13ClO2/c1-10-2-7-14(12(8-10)9-15(17)18)11-3-5-13(16)6-4-11/h2-8H,9H2,1H3,(H,17,18). The number of aryl methyl sites for hydroxylation is 1. The van der Waals surface area contributed by atoms with Crippen LogP contribution in [-0.2, 0) is 11.2 Å². The molecule has 2 nitrogen and oxygen atoms in total. The minimum absolute atomic E-state index is 0.0274. The van der Waals surface area contributed by atoms with Gasteiger partial charge in [-0.25, -0.2) is 0 Å². The van der Waals surface area contributed by atoms with E-state index in [2.05, 4.69) is 0 Å². The van der Waals surface area contributed by atoms with Crippen molar-refractivity contribution in [1.29, 1.82) is 0 Å². The van der Waals surface area contributed by atoms with E-state index in [1.165, 1.54) is 0 Å². The van der Waals surface area contributed by atoms with Crippen LogP contribution in [0.25, 0.3) is 11.1 Å². The van der Waals surface area contributed by atoms with E-state index in [0.29, 0.717) is 5.02 Å². The maximum Gasteiger partial charge on any atom is 0.307 e. The highest BCUT2D eigenvalue weighted by Crippen LogP contribution is 2.26. The van der Waals surface area contributed by atoms with Crippen LogP contribution in [0, 0.1) is 6.92 Å². The van der Waals surface area contributed by atoms with Gasteiger partial charge in [0.15, 0.2) is 0 Å². The lowest BCUT2D eigenvalue weighted by molar-refractivity contribution is -0.136. The zero-order chi connectivity index (χ0) is 13.1. The van der Waals surface area contributed by atoms with E-state index >= 15 is 0 Å². The molecule has 92 valence electrons. The number of halogens is 1. The lowest BCUT2D eigenvalue weighted by atomic mass is 9.96. The van der Waals surface area contributed by atoms with E-state index < -0.39 is 5.97 Å². The van der Waals surface area contributed by atoms with E-state index in [1.54, 1.807) is 12.1 Å². The topological polar surface area (TPSA) is 37.3 Å². The van der Waals surface area contributed by atoms with Gasteiger partial charge in [-0.3, -0.25) is 4.79 Å². The minimum Gasteiger partial charge on any atom is -0.481 e. The van der Waals surface area contributed by atoms with Gasteiger partial charge >= 0.3 is 5.97 Å². The zero-order valence-electron chi connectivity index (χ0n) is 9.98. The Morgan fingerprint density at radius 3 is 2.44 bits per heavy atom. The van der Waals surface area contributed by atoms with Crippen LogP contribution in [-0.4, -0.2) is 11.1 Å². The third-order valence-corrected chi connectivity index (χ3v) is 3.01. The highest BCUT2D eigenvalue weighted by Gasteiger charge is 2.09. The highest BCUT2D eigenvalue weighted by molar-refractivity contribution is 6.30. The largest absolute Gasteiger partial charge is 0.481 e. The van der Waals surface area contributed by atoms with Crippen LogP contribution in [0.2, 0.25) is 5.02 Å². The molecule has 2 rings (SSSR count). The van der Waals surface area contributed by atoms with Crippen LogP contribution in [0.3, 0.4) is 0 Å². The number of carbonyl (C=O) groups is 1. The Hall–Kier alpha value is -1.80. The molecule has 0 aliphatic heterocycles. The average molecular weight is 261 g/mol. The molecule has 2 aromatic rings. The van der Waals surface area contributed by atoms with Gasteiger partial charge in [0, 0.05) is 5.02 Å². The Balaban J connectivity index is 2.49. The summed E-state index contributed by atoms with van der Waals surface area (Å²) < 4.78 is 0. The van der Waals surface area contributed by atoms with E-state index in [4.69, 9.17) is 16.7 Å². The van der Waals surface area contributed by atoms with Crippen LogP contribution in [0.5, 0.6) is 0 Å². The number of aliphatic carboxylic acids is 1. The first-order valence-corrected chi connectivity index (χ1v) is 6.01. The van der Waals surface area contributed by atoms with Gasteiger partial charge in [-0.15, -0.1) is 0 Å². The van der Waals surface area contributed by atoms with Crippen molar-refractivity contribution in [2.75, 3.05) is 0 Å². The predicted molar refractivity (Wildman–Crippen MR) is 73.0 cm³/mol. The van der Waals surface area contributed by atoms with Crippen molar-refractivity contribution < 1.29 is 9.90 Å². The molecule has 0 unspecified atom stereocenters. The Kier molecular flexibility index (Phi) is 3.68. The van der Waals surface area contributed by atoms with E-state index in [9.17, 15) is 4.79 Å². The Labute approximate surface area is 111 Å². The van der Waals surface area contributed by atoms with Gasteiger partial charge in [-0.05, 0) is 35.7 Å². The van der Waals surface area contributed by atoms with Crippen molar-refractivity contribution in [1.82, 2.24) is 0 Å². The molecule has 0 aliphatic carbocycles. The Morgan fingerprint density at radius 1 is 1.17 bits per heavy atom. The molecule has 1 N–H and O–H groups in total. The molecule has 0 heterocycles. The van der Waals surface area contributed by atoms with Crippen molar-refractivity contribution in [2.45, 2.75) is 13.3 Å². The fourth-order valence-corrected chi connectivity index (χ4v) is 2.07. The van der Waals surface area contributed by atoms with Crippen LogP contribution in [0.1, 0.15) is 11.1 Å². The van der Waals surface area contributed by atoms with Gasteiger partial charge in [-0.2, -0.15) is 0 Å². The lowest BCUT2D eigenvalue weighted by Gasteiger charge is -2.09. The normalized spacial score (nSPS) is 10.3. The summed E-state index contributed by atoms with van der Waals surface area (Å²) in [6.45, 7) is 1.96. The van der Waals surface area contributed by atoms with Crippen molar-refractivity contribution in [3.8, 4) is 11.1 Å². The summed E-state index contributed by atoms with van der Waals surface area (Å²) in [5.74, 6) is -0.823. The summed E-state index contributed by atoms with van der Waals surface area (Å²) in [6.07, 6.45) is 0.0274. The SMILES string of the molecule is Cc1ccc(-c2ccc(Cl)cc2)c(CC(=O)O)c1. The number of rotatable bonds is 3. The van der Waals surface area contributed by atoms with Crippen molar-refractivity contribution in [2.24, 2.45) is 0 Å². The summed E-state index contributed by atoms with van der Waals surface area (Å²) in [7, 11) is 0. The second-order valence-corrected chi connectivity index (χ2v) is 4.67. The molecule has 0 aliphatic rings. The summed E-state index contributed by atoms with van der Waals surface area (Å²) in [5.41, 5.74) is 3.81. The second-order valence-electron chi connectivity index (χ2n) is 4.24. The Morgan fingerprint density at radius 2 is 1.83 bits per heavy atom. The minimum atomic E-state index is -0.823. The van der Waals surface area contributed by atoms with Crippen LogP contribution in [0.15, 0.2) is 42.5 Å².